The predicted molar refractivity (Wildman–Crippen MR) is 170 cm³/mol. The van der Waals surface area contributed by atoms with Gasteiger partial charge in [0.05, 0.1) is 17.2 Å². The Balaban J connectivity index is 1.68. The number of carbonyl (C=O) groups is 2. The van der Waals surface area contributed by atoms with E-state index in [2.05, 4.69) is 5.32 Å². The summed E-state index contributed by atoms with van der Waals surface area (Å²) in [5.74, 6) is -0.284. The van der Waals surface area contributed by atoms with Crippen LogP contribution in [0.15, 0.2) is 77.7 Å². The van der Waals surface area contributed by atoms with Crippen LogP contribution in [0.2, 0.25) is 10.0 Å². The standard InChI is InChI=1S/C32H37Cl2N3O5S/c1-3-42-28-17-15-27(16-18-28)37(43(40,41)29-19-13-25(33)14-20-29)22-31(38)36(21-24-9-7-8-12-30(24)34)23(2)32(39)35-26-10-5-4-6-11-26/h7-9,12-20,23,26H,3-6,10-11,21-22H2,1-2H3,(H,35,39)/t23-/m1/s1. The lowest BCUT2D eigenvalue weighted by atomic mass is 9.95. The molecule has 230 valence electrons. The molecular formula is C32H37Cl2N3O5S. The Bertz CT molecular complexity index is 1490. The smallest absolute Gasteiger partial charge is 0.264 e. The van der Waals surface area contributed by atoms with Crippen molar-refractivity contribution in [1.29, 1.82) is 0 Å². The Morgan fingerprint density at radius 2 is 1.60 bits per heavy atom. The SMILES string of the molecule is CCOc1ccc(N(CC(=O)N(Cc2ccccc2Cl)[C@H](C)C(=O)NC2CCCCC2)S(=O)(=O)c2ccc(Cl)cc2)cc1. The number of nitrogens with zero attached hydrogens (tertiary/aromatic N) is 2. The van der Waals surface area contributed by atoms with E-state index in [1.54, 1.807) is 55.5 Å². The number of carbonyl (C=O) groups excluding carboxylic acids is 2. The number of rotatable bonds is 12. The van der Waals surface area contributed by atoms with E-state index in [1.807, 2.05) is 6.92 Å². The zero-order valence-electron chi connectivity index (χ0n) is 24.3. The van der Waals surface area contributed by atoms with Crippen molar-refractivity contribution in [3.05, 3.63) is 88.4 Å². The lowest BCUT2D eigenvalue weighted by molar-refractivity contribution is -0.139. The van der Waals surface area contributed by atoms with Gasteiger partial charge >= 0.3 is 0 Å². The van der Waals surface area contributed by atoms with Crippen LogP contribution >= 0.6 is 23.2 Å². The molecule has 1 aliphatic rings. The lowest BCUT2D eigenvalue weighted by Crippen LogP contribution is -2.53. The molecule has 0 unspecified atom stereocenters. The van der Waals surface area contributed by atoms with Crippen LogP contribution in [0.1, 0.15) is 51.5 Å². The van der Waals surface area contributed by atoms with E-state index in [-0.39, 0.29) is 29.1 Å². The van der Waals surface area contributed by atoms with Gasteiger partial charge in [-0.15, -0.1) is 0 Å². The maximum absolute atomic E-state index is 14.1. The van der Waals surface area contributed by atoms with E-state index in [4.69, 9.17) is 27.9 Å². The zero-order valence-corrected chi connectivity index (χ0v) is 26.7. The molecule has 0 radical (unpaired) electrons. The van der Waals surface area contributed by atoms with E-state index < -0.39 is 28.5 Å². The summed E-state index contributed by atoms with van der Waals surface area (Å²) in [6.45, 7) is 3.42. The number of hydrogen-bond donors (Lipinski definition) is 1. The van der Waals surface area contributed by atoms with Gasteiger partial charge in [0.15, 0.2) is 0 Å². The van der Waals surface area contributed by atoms with Crippen LogP contribution in [0.4, 0.5) is 5.69 Å². The highest BCUT2D eigenvalue weighted by molar-refractivity contribution is 7.92. The van der Waals surface area contributed by atoms with Crippen molar-refractivity contribution in [2.24, 2.45) is 0 Å². The quantitative estimate of drug-likeness (QED) is 0.244. The molecule has 0 heterocycles. The molecule has 1 aliphatic carbocycles. The average Bonchev–Trinajstić information content (AvgIpc) is 3.00. The minimum absolute atomic E-state index is 0.0237. The van der Waals surface area contributed by atoms with Gasteiger partial charge in [-0.1, -0.05) is 60.7 Å². The second-order valence-corrected chi connectivity index (χ2v) is 13.2. The summed E-state index contributed by atoms with van der Waals surface area (Å²) in [5.41, 5.74) is 0.909. The molecule has 8 nitrogen and oxygen atoms in total. The van der Waals surface area contributed by atoms with Crippen molar-refractivity contribution >= 4 is 50.7 Å². The highest BCUT2D eigenvalue weighted by atomic mass is 35.5. The van der Waals surface area contributed by atoms with E-state index in [9.17, 15) is 18.0 Å². The number of benzene rings is 3. The predicted octanol–water partition coefficient (Wildman–Crippen LogP) is 6.45. The highest BCUT2D eigenvalue weighted by Crippen LogP contribution is 2.28. The Hall–Kier alpha value is -3.27. The van der Waals surface area contributed by atoms with E-state index in [1.165, 1.54) is 29.2 Å². The Morgan fingerprint density at radius 3 is 2.23 bits per heavy atom. The van der Waals surface area contributed by atoms with Gasteiger partial charge in [-0.05, 0) is 86.8 Å². The molecule has 0 saturated heterocycles. The van der Waals surface area contributed by atoms with Crippen LogP contribution in [0.5, 0.6) is 5.75 Å². The number of anilines is 1. The van der Waals surface area contributed by atoms with Gasteiger partial charge in [-0.3, -0.25) is 13.9 Å². The number of halogens is 2. The Morgan fingerprint density at radius 1 is 0.953 bits per heavy atom. The average molecular weight is 647 g/mol. The van der Waals surface area contributed by atoms with Crippen LogP contribution in [-0.4, -0.2) is 50.4 Å². The number of hydrogen-bond acceptors (Lipinski definition) is 5. The topological polar surface area (TPSA) is 96.0 Å². The minimum Gasteiger partial charge on any atom is -0.494 e. The highest BCUT2D eigenvalue weighted by Gasteiger charge is 2.33. The molecule has 4 rings (SSSR count). The maximum atomic E-state index is 14.1. The van der Waals surface area contributed by atoms with Crippen molar-refractivity contribution < 1.29 is 22.7 Å². The summed E-state index contributed by atoms with van der Waals surface area (Å²) in [4.78, 5) is 28.9. The Labute approximate surface area is 264 Å². The van der Waals surface area contributed by atoms with E-state index in [0.29, 0.717) is 28.0 Å². The summed E-state index contributed by atoms with van der Waals surface area (Å²) in [6.07, 6.45) is 5.01. The molecule has 1 saturated carbocycles. The van der Waals surface area contributed by atoms with E-state index in [0.717, 1.165) is 36.4 Å². The monoisotopic (exact) mass is 645 g/mol. The lowest BCUT2D eigenvalue weighted by Gasteiger charge is -2.33. The number of ether oxygens (including phenoxy) is 1. The summed E-state index contributed by atoms with van der Waals surface area (Å²) in [6, 6.07) is 18.5. The van der Waals surface area contributed by atoms with Crippen molar-refractivity contribution in [2.45, 2.75) is 69.5 Å². The second kappa shape index (κ2) is 14.9. The Kier molecular flexibility index (Phi) is 11.3. The van der Waals surface area contributed by atoms with Gasteiger partial charge < -0.3 is 15.0 Å². The van der Waals surface area contributed by atoms with E-state index >= 15 is 0 Å². The molecule has 0 bridgehead atoms. The third-order valence-corrected chi connectivity index (χ3v) is 9.94. The normalized spacial score (nSPS) is 14.5. The first-order valence-corrected chi connectivity index (χ1v) is 16.6. The van der Waals surface area contributed by atoms with Crippen LogP contribution in [-0.2, 0) is 26.2 Å². The van der Waals surface area contributed by atoms with Crippen LogP contribution < -0.4 is 14.4 Å². The number of amides is 2. The van der Waals surface area contributed by atoms with Crippen LogP contribution in [0.25, 0.3) is 0 Å². The molecule has 1 atom stereocenters. The fourth-order valence-corrected chi connectivity index (χ4v) is 6.83. The first-order valence-electron chi connectivity index (χ1n) is 14.4. The molecule has 43 heavy (non-hydrogen) atoms. The molecule has 2 amide bonds. The number of nitrogens with one attached hydrogen (secondary N) is 1. The van der Waals surface area contributed by atoms with Gasteiger partial charge in [0, 0.05) is 22.6 Å². The minimum atomic E-state index is -4.21. The summed E-state index contributed by atoms with van der Waals surface area (Å²) < 4.78 is 34.5. The van der Waals surface area contributed by atoms with Gasteiger partial charge in [-0.25, -0.2) is 8.42 Å². The van der Waals surface area contributed by atoms with Gasteiger partial charge in [0.1, 0.15) is 18.3 Å². The van der Waals surface area contributed by atoms with Crippen molar-refractivity contribution in [2.75, 3.05) is 17.5 Å². The summed E-state index contributed by atoms with van der Waals surface area (Å²) in [5, 5.41) is 3.92. The molecule has 11 heteroatoms. The van der Waals surface area contributed by atoms with Crippen LogP contribution in [0, 0.1) is 0 Å². The maximum Gasteiger partial charge on any atom is 0.264 e. The number of sulfonamides is 1. The second-order valence-electron chi connectivity index (χ2n) is 10.5. The van der Waals surface area contributed by atoms with Crippen LogP contribution in [0.3, 0.4) is 0 Å². The molecule has 0 spiro atoms. The third-order valence-electron chi connectivity index (χ3n) is 7.53. The molecular weight excluding hydrogens is 609 g/mol. The first kappa shape index (κ1) is 32.6. The molecule has 3 aromatic carbocycles. The summed E-state index contributed by atoms with van der Waals surface area (Å²) in [7, 11) is -4.21. The molecule has 0 aromatic heterocycles. The van der Waals surface area contributed by atoms with Crippen molar-refractivity contribution in [3.63, 3.8) is 0 Å². The molecule has 1 fully saturated rings. The zero-order chi connectivity index (χ0) is 31.0. The van der Waals surface area contributed by atoms with Crippen molar-refractivity contribution in [1.82, 2.24) is 10.2 Å². The third kappa shape index (κ3) is 8.43. The molecule has 1 N–H and O–H groups in total. The molecule has 3 aromatic rings. The first-order chi connectivity index (χ1) is 20.6. The van der Waals surface area contributed by atoms with Gasteiger partial charge in [-0.2, -0.15) is 0 Å². The van der Waals surface area contributed by atoms with Gasteiger partial charge in [0.25, 0.3) is 10.0 Å². The fraction of sp³-hybridized carbons (Fsp3) is 0.375. The molecule has 0 aliphatic heterocycles. The summed E-state index contributed by atoms with van der Waals surface area (Å²) >= 11 is 12.5. The largest absolute Gasteiger partial charge is 0.494 e. The van der Waals surface area contributed by atoms with Crippen molar-refractivity contribution in [3.8, 4) is 5.75 Å². The van der Waals surface area contributed by atoms with Gasteiger partial charge in [0.2, 0.25) is 11.8 Å². The fourth-order valence-electron chi connectivity index (χ4n) is 5.10.